The number of aliphatic hydroxyl groups excluding tert-OH is 1. The number of carbonyl (C=O) groups is 2. The second-order valence-corrected chi connectivity index (χ2v) is 8.06. The van der Waals surface area contributed by atoms with Crippen molar-refractivity contribution in [1.82, 2.24) is 0 Å². The lowest BCUT2D eigenvalue weighted by molar-refractivity contribution is 0.0565. The summed E-state index contributed by atoms with van der Waals surface area (Å²) >= 11 is 0. The van der Waals surface area contributed by atoms with E-state index in [-0.39, 0.29) is 27.7 Å². The van der Waals surface area contributed by atoms with Crippen LogP contribution in [0.15, 0.2) is 67.0 Å². The zero-order valence-electron chi connectivity index (χ0n) is 18.8. The van der Waals surface area contributed by atoms with Crippen LogP contribution in [0.25, 0.3) is 21.9 Å². The molecule has 1 unspecified atom stereocenters. The van der Waals surface area contributed by atoms with Crippen LogP contribution < -0.4 is 10.9 Å². The molecule has 2 aromatic heterocycles. The minimum absolute atomic E-state index is 0.177. The maximum absolute atomic E-state index is 12.6. The summed E-state index contributed by atoms with van der Waals surface area (Å²) in [5.41, 5.74) is 0.929. The lowest BCUT2D eigenvalue weighted by Gasteiger charge is -2.13. The Balaban J connectivity index is 1.49. The largest absolute Gasteiger partial charge is 0.475 e. The second kappa shape index (κ2) is 9.94. The van der Waals surface area contributed by atoms with Gasteiger partial charge in [-0.25, -0.2) is 9.59 Å². The molecule has 9 heteroatoms. The topological polar surface area (TPSA) is 144 Å². The highest BCUT2D eigenvalue weighted by Gasteiger charge is 2.17. The fourth-order valence-electron chi connectivity index (χ4n) is 4.07. The molecule has 2 heterocycles. The van der Waals surface area contributed by atoms with E-state index in [9.17, 15) is 24.3 Å². The van der Waals surface area contributed by atoms with Crippen molar-refractivity contribution >= 4 is 33.9 Å². The van der Waals surface area contributed by atoms with Crippen molar-refractivity contribution < 1.29 is 33.4 Å². The quantitative estimate of drug-likeness (QED) is 0.364. The Morgan fingerprint density at radius 3 is 1.83 bits per heavy atom. The zero-order chi connectivity index (χ0) is 25.1. The molecule has 4 rings (SSSR count). The van der Waals surface area contributed by atoms with Crippen LogP contribution in [-0.2, 0) is 17.6 Å². The normalized spacial score (nSPS) is 12.1. The molecule has 35 heavy (non-hydrogen) atoms. The maximum Gasteiger partial charge on any atom is 0.374 e. The minimum Gasteiger partial charge on any atom is -0.475 e. The molecule has 0 aliphatic carbocycles. The predicted octanol–water partition coefficient (Wildman–Crippen LogP) is 3.31. The van der Waals surface area contributed by atoms with Crippen LogP contribution in [0.1, 0.15) is 45.1 Å². The molecule has 2 aromatic carbocycles. The van der Waals surface area contributed by atoms with Gasteiger partial charge in [0.25, 0.3) is 0 Å². The van der Waals surface area contributed by atoms with Crippen LogP contribution in [0.5, 0.6) is 0 Å². The SMILES string of the molecule is COC(=O)c1cc(=O)c2c(CCC(O)CCc3cccc4oc(C(=O)O)cc(=O)c34)cccc2o1. The van der Waals surface area contributed by atoms with Crippen LogP contribution in [0.3, 0.4) is 0 Å². The average molecular weight is 478 g/mol. The Morgan fingerprint density at radius 1 is 0.857 bits per heavy atom. The zero-order valence-corrected chi connectivity index (χ0v) is 18.8. The van der Waals surface area contributed by atoms with Crippen LogP contribution in [0.2, 0.25) is 0 Å². The molecule has 0 amide bonds. The molecule has 180 valence electrons. The molecule has 1 atom stereocenters. The van der Waals surface area contributed by atoms with E-state index in [2.05, 4.69) is 4.74 Å². The average Bonchev–Trinajstić information content (AvgIpc) is 2.85. The first-order valence-electron chi connectivity index (χ1n) is 10.9. The van der Waals surface area contributed by atoms with Gasteiger partial charge < -0.3 is 23.8 Å². The maximum atomic E-state index is 12.6. The number of benzene rings is 2. The Bertz CT molecular complexity index is 1540. The highest BCUT2D eigenvalue weighted by atomic mass is 16.5. The van der Waals surface area contributed by atoms with Gasteiger partial charge in [-0.15, -0.1) is 0 Å². The second-order valence-electron chi connectivity index (χ2n) is 8.06. The molecule has 0 saturated heterocycles. The molecule has 0 aliphatic heterocycles. The van der Waals surface area contributed by atoms with E-state index < -0.39 is 29.2 Å². The van der Waals surface area contributed by atoms with E-state index in [1.165, 1.54) is 13.2 Å². The third-order valence-electron chi connectivity index (χ3n) is 5.77. The Kier molecular flexibility index (Phi) is 6.79. The summed E-state index contributed by atoms with van der Waals surface area (Å²) in [6, 6.07) is 12.0. The summed E-state index contributed by atoms with van der Waals surface area (Å²) in [5.74, 6) is -2.68. The molecule has 0 fully saturated rings. The Hall–Kier alpha value is -4.24. The summed E-state index contributed by atoms with van der Waals surface area (Å²) in [5, 5.41) is 20.3. The highest BCUT2D eigenvalue weighted by Crippen LogP contribution is 2.22. The third-order valence-corrected chi connectivity index (χ3v) is 5.77. The number of carboxylic acids is 1. The lowest BCUT2D eigenvalue weighted by atomic mass is 9.97. The molecular formula is C26H22O9. The molecule has 2 N–H and O–H groups in total. The van der Waals surface area contributed by atoms with Crippen molar-refractivity contribution in [2.45, 2.75) is 31.8 Å². The van der Waals surface area contributed by atoms with Crippen molar-refractivity contribution in [3.05, 3.63) is 91.6 Å². The molecule has 0 spiro atoms. The van der Waals surface area contributed by atoms with Gasteiger partial charge in [-0.3, -0.25) is 9.59 Å². The van der Waals surface area contributed by atoms with Gasteiger partial charge in [0.1, 0.15) is 11.2 Å². The molecule has 0 radical (unpaired) electrons. The number of hydrogen-bond donors (Lipinski definition) is 2. The predicted molar refractivity (Wildman–Crippen MR) is 126 cm³/mol. The van der Waals surface area contributed by atoms with E-state index in [0.717, 1.165) is 12.1 Å². The van der Waals surface area contributed by atoms with Gasteiger partial charge in [0.2, 0.25) is 11.5 Å². The molecule has 4 aromatic rings. The van der Waals surface area contributed by atoms with Crippen LogP contribution >= 0.6 is 0 Å². The van der Waals surface area contributed by atoms with Crippen molar-refractivity contribution in [1.29, 1.82) is 0 Å². The van der Waals surface area contributed by atoms with Gasteiger partial charge in [0.05, 0.1) is 24.0 Å². The van der Waals surface area contributed by atoms with Gasteiger partial charge in [-0.05, 0) is 48.9 Å². The van der Waals surface area contributed by atoms with Gasteiger partial charge in [-0.2, -0.15) is 0 Å². The number of fused-ring (bicyclic) bond motifs is 2. The fourth-order valence-corrected chi connectivity index (χ4v) is 4.07. The van der Waals surface area contributed by atoms with Crippen molar-refractivity contribution in [2.75, 3.05) is 7.11 Å². The van der Waals surface area contributed by atoms with E-state index in [1.807, 2.05) is 0 Å². The molecular weight excluding hydrogens is 456 g/mol. The number of carbonyl (C=O) groups excluding carboxylic acids is 1. The Morgan fingerprint density at radius 2 is 1.34 bits per heavy atom. The number of carboxylic acid groups (broad SMARTS) is 1. The highest BCUT2D eigenvalue weighted by molar-refractivity contribution is 5.90. The van der Waals surface area contributed by atoms with Gasteiger partial charge in [0, 0.05) is 12.1 Å². The molecule has 9 nitrogen and oxygen atoms in total. The van der Waals surface area contributed by atoms with Crippen molar-refractivity contribution in [2.24, 2.45) is 0 Å². The van der Waals surface area contributed by atoms with Crippen LogP contribution in [-0.4, -0.2) is 35.4 Å². The summed E-state index contributed by atoms with van der Waals surface area (Å²) in [4.78, 5) is 47.9. The van der Waals surface area contributed by atoms with E-state index in [1.54, 1.807) is 30.3 Å². The van der Waals surface area contributed by atoms with E-state index in [4.69, 9.17) is 13.9 Å². The van der Waals surface area contributed by atoms with Crippen LogP contribution in [0.4, 0.5) is 0 Å². The first-order valence-corrected chi connectivity index (χ1v) is 10.9. The number of rotatable bonds is 8. The van der Waals surface area contributed by atoms with Crippen molar-refractivity contribution in [3.63, 3.8) is 0 Å². The number of hydrogen-bond acceptors (Lipinski definition) is 8. The first-order chi connectivity index (χ1) is 16.8. The van der Waals surface area contributed by atoms with Gasteiger partial charge in [-0.1, -0.05) is 24.3 Å². The van der Waals surface area contributed by atoms with E-state index in [0.29, 0.717) is 42.2 Å². The van der Waals surface area contributed by atoms with Gasteiger partial charge in [0.15, 0.2) is 10.9 Å². The van der Waals surface area contributed by atoms with Crippen LogP contribution in [0, 0.1) is 0 Å². The first kappa shape index (κ1) is 23.9. The number of aromatic carboxylic acids is 1. The van der Waals surface area contributed by atoms with Crippen molar-refractivity contribution in [3.8, 4) is 0 Å². The fraction of sp³-hybridized carbons (Fsp3) is 0.231. The standard InChI is InChI=1S/C26H22O9/c1-33-26(32)22-13-18(29)24-15(5-3-7-20(24)35-22)9-11-16(27)10-8-14-4-2-6-19-23(14)17(28)12-21(34-19)25(30)31/h2-7,12-13,16,27H,8-11H2,1H3,(H,30,31). The molecule has 0 saturated carbocycles. The third kappa shape index (κ3) is 4.99. The van der Waals surface area contributed by atoms with E-state index >= 15 is 0 Å². The number of methoxy groups -OCH3 is 1. The molecule has 0 aliphatic rings. The van der Waals surface area contributed by atoms with Gasteiger partial charge >= 0.3 is 11.9 Å². The summed E-state index contributed by atoms with van der Waals surface area (Å²) in [7, 11) is 1.20. The number of esters is 1. The Labute approximate surface area is 198 Å². The summed E-state index contributed by atoms with van der Waals surface area (Å²) in [6.45, 7) is 0. The summed E-state index contributed by atoms with van der Waals surface area (Å²) in [6.07, 6.45) is 0.716. The minimum atomic E-state index is -1.33. The summed E-state index contributed by atoms with van der Waals surface area (Å²) < 4.78 is 15.4. The molecule has 0 bridgehead atoms. The number of ether oxygens (including phenoxy) is 1. The lowest BCUT2D eigenvalue weighted by Crippen LogP contribution is -2.13. The monoisotopic (exact) mass is 478 g/mol. The smallest absolute Gasteiger partial charge is 0.374 e. The number of aryl methyl sites for hydroxylation is 2. The number of aliphatic hydroxyl groups is 1.